The number of piperidine rings is 1. The molecule has 1 aliphatic heterocycles. The van der Waals surface area contributed by atoms with Crippen molar-refractivity contribution in [2.45, 2.75) is 26.2 Å². The quantitative estimate of drug-likeness (QED) is 0.811. The summed E-state index contributed by atoms with van der Waals surface area (Å²) in [5.41, 5.74) is 1.90. The van der Waals surface area contributed by atoms with Gasteiger partial charge in [0, 0.05) is 30.5 Å². The van der Waals surface area contributed by atoms with Gasteiger partial charge >= 0.3 is 0 Å². The normalized spacial score (nSPS) is 20.0. The molecule has 112 valence electrons. The Labute approximate surface area is 125 Å². The first-order chi connectivity index (χ1) is 10.2. The fourth-order valence-electron chi connectivity index (χ4n) is 3.34. The highest BCUT2D eigenvalue weighted by Gasteiger charge is 2.26. The maximum atomic E-state index is 12.7. The van der Waals surface area contributed by atoms with E-state index in [1.165, 1.54) is 0 Å². The van der Waals surface area contributed by atoms with Gasteiger partial charge in [-0.1, -0.05) is 6.92 Å². The number of rotatable bonds is 4. The average molecular weight is 285 g/mol. The summed E-state index contributed by atoms with van der Waals surface area (Å²) in [5.74, 6) is 0.445. The summed E-state index contributed by atoms with van der Waals surface area (Å²) in [6.45, 7) is 5.35. The number of aromatic nitrogens is 2. The number of Topliss-reactive ketones (excluding diaryl/α,β-unsaturated/α-hetero) is 1. The summed E-state index contributed by atoms with van der Waals surface area (Å²) in [5, 5.41) is 5.29. The van der Waals surface area contributed by atoms with E-state index >= 15 is 0 Å². The molecule has 0 saturated carbocycles. The van der Waals surface area contributed by atoms with Crippen molar-refractivity contribution in [1.29, 1.82) is 0 Å². The number of carbonyl (C=O) groups is 1. The van der Waals surface area contributed by atoms with Crippen LogP contribution in [0, 0.1) is 5.92 Å². The lowest BCUT2D eigenvalue weighted by molar-refractivity contribution is 0.0820. The Morgan fingerprint density at radius 1 is 1.43 bits per heavy atom. The third kappa shape index (κ3) is 2.86. The largest absolute Gasteiger partial charge is 0.303 e. The molecule has 1 saturated heterocycles. The number of ketones is 1. The molecule has 2 heterocycles. The van der Waals surface area contributed by atoms with Crippen LogP contribution < -0.4 is 0 Å². The van der Waals surface area contributed by atoms with E-state index in [2.05, 4.69) is 16.9 Å². The Kier molecular flexibility index (Phi) is 4.06. The van der Waals surface area contributed by atoms with Gasteiger partial charge in [-0.3, -0.25) is 9.48 Å². The second-order valence-corrected chi connectivity index (χ2v) is 6.05. The number of hydrogen-bond donors (Lipinski definition) is 0. The summed E-state index contributed by atoms with van der Waals surface area (Å²) < 4.78 is 1.84. The monoisotopic (exact) mass is 285 g/mol. The summed E-state index contributed by atoms with van der Waals surface area (Å²) in [4.78, 5) is 15.2. The molecule has 4 nitrogen and oxygen atoms in total. The van der Waals surface area contributed by atoms with Crippen LogP contribution in [0.5, 0.6) is 0 Å². The van der Waals surface area contributed by atoms with Crippen molar-refractivity contribution < 1.29 is 4.79 Å². The number of likely N-dealkylation sites (tertiary alicyclic amines) is 1. The fraction of sp³-hybridized carbons (Fsp3) is 0.529. The Bertz CT molecular complexity index is 645. The van der Waals surface area contributed by atoms with Crippen LogP contribution in [0.25, 0.3) is 10.9 Å². The molecule has 0 radical (unpaired) electrons. The third-order valence-electron chi connectivity index (χ3n) is 4.45. The molecule has 1 aliphatic rings. The van der Waals surface area contributed by atoms with Crippen molar-refractivity contribution in [3.05, 3.63) is 30.0 Å². The minimum Gasteiger partial charge on any atom is -0.303 e. The summed E-state index contributed by atoms with van der Waals surface area (Å²) in [7, 11) is 1.92. The van der Waals surface area contributed by atoms with E-state index in [0.29, 0.717) is 5.78 Å². The molecule has 0 N–H and O–H groups in total. The second-order valence-electron chi connectivity index (χ2n) is 6.05. The number of nitrogens with zero attached hydrogens (tertiary/aromatic N) is 3. The van der Waals surface area contributed by atoms with Crippen molar-refractivity contribution in [2.75, 3.05) is 19.6 Å². The number of benzene rings is 1. The smallest absolute Gasteiger partial charge is 0.167 e. The van der Waals surface area contributed by atoms with Gasteiger partial charge in [-0.05, 0) is 50.6 Å². The molecular formula is C17H23N3O. The first kappa shape index (κ1) is 14.3. The maximum Gasteiger partial charge on any atom is 0.167 e. The lowest BCUT2D eigenvalue weighted by Gasteiger charge is -2.31. The minimum atomic E-state index is 0.152. The highest BCUT2D eigenvalue weighted by molar-refractivity contribution is 6.01. The van der Waals surface area contributed by atoms with Crippen molar-refractivity contribution >= 4 is 16.7 Å². The maximum absolute atomic E-state index is 12.7. The van der Waals surface area contributed by atoms with Crippen molar-refractivity contribution in [2.24, 2.45) is 13.0 Å². The second kappa shape index (κ2) is 5.98. The Morgan fingerprint density at radius 2 is 2.29 bits per heavy atom. The molecule has 1 unspecified atom stereocenters. The van der Waals surface area contributed by atoms with Crippen LogP contribution in [0.2, 0.25) is 0 Å². The topological polar surface area (TPSA) is 38.1 Å². The van der Waals surface area contributed by atoms with Crippen molar-refractivity contribution in [3.63, 3.8) is 0 Å². The van der Waals surface area contributed by atoms with Gasteiger partial charge < -0.3 is 4.90 Å². The fourth-order valence-corrected chi connectivity index (χ4v) is 3.34. The molecule has 0 spiro atoms. The van der Waals surface area contributed by atoms with Crippen LogP contribution in [-0.2, 0) is 7.05 Å². The first-order valence-corrected chi connectivity index (χ1v) is 7.87. The van der Waals surface area contributed by atoms with Crippen LogP contribution in [0.4, 0.5) is 0 Å². The molecule has 2 aromatic rings. The van der Waals surface area contributed by atoms with Crippen molar-refractivity contribution in [3.8, 4) is 0 Å². The van der Waals surface area contributed by atoms with E-state index in [-0.39, 0.29) is 5.92 Å². The van der Waals surface area contributed by atoms with Crippen molar-refractivity contribution in [1.82, 2.24) is 14.7 Å². The highest BCUT2D eigenvalue weighted by atomic mass is 16.1. The van der Waals surface area contributed by atoms with Gasteiger partial charge in [0.25, 0.3) is 0 Å². The molecule has 1 fully saturated rings. The van der Waals surface area contributed by atoms with Crippen LogP contribution in [0.3, 0.4) is 0 Å². The lowest BCUT2D eigenvalue weighted by Crippen LogP contribution is -2.39. The van der Waals surface area contributed by atoms with Gasteiger partial charge in [0.1, 0.15) is 0 Å². The molecular weight excluding hydrogens is 262 g/mol. The number of aryl methyl sites for hydroxylation is 1. The number of hydrogen-bond acceptors (Lipinski definition) is 3. The average Bonchev–Trinajstić information content (AvgIpc) is 2.88. The Hall–Kier alpha value is -1.68. The molecule has 1 aromatic heterocycles. The van der Waals surface area contributed by atoms with E-state index in [4.69, 9.17) is 0 Å². The SMILES string of the molecule is CCCN1CCCC(C(=O)c2ccc3c(cnn3C)c2)C1. The molecule has 4 heteroatoms. The minimum absolute atomic E-state index is 0.152. The molecule has 1 aromatic carbocycles. The summed E-state index contributed by atoms with van der Waals surface area (Å²) >= 11 is 0. The molecule has 1 atom stereocenters. The molecule has 0 amide bonds. The van der Waals surface area contributed by atoms with Gasteiger partial charge in [-0.25, -0.2) is 0 Å². The zero-order valence-electron chi connectivity index (χ0n) is 12.9. The number of carbonyl (C=O) groups excluding carboxylic acids is 1. The van der Waals surface area contributed by atoms with Crippen LogP contribution in [0.1, 0.15) is 36.5 Å². The summed E-state index contributed by atoms with van der Waals surface area (Å²) in [6, 6.07) is 5.94. The van der Waals surface area contributed by atoms with Gasteiger partial charge in [0.05, 0.1) is 11.7 Å². The Balaban J connectivity index is 1.79. The van der Waals surface area contributed by atoms with E-state index in [1.807, 2.05) is 36.1 Å². The molecule has 3 rings (SSSR count). The van der Waals surface area contributed by atoms with Crippen LogP contribution >= 0.6 is 0 Å². The summed E-state index contributed by atoms with van der Waals surface area (Å²) in [6.07, 6.45) is 5.13. The van der Waals surface area contributed by atoms with Gasteiger partial charge in [0.2, 0.25) is 0 Å². The lowest BCUT2D eigenvalue weighted by atomic mass is 9.89. The highest BCUT2D eigenvalue weighted by Crippen LogP contribution is 2.23. The van der Waals surface area contributed by atoms with Crippen LogP contribution in [0.15, 0.2) is 24.4 Å². The Morgan fingerprint density at radius 3 is 3.10 bits per heavy atom. The number of fused-ring (bicyclic) bond motifs is 1. The van der Waals surface area contributed by atoms with Gasteiger partial charge in [-0.2, -0.15) is 5.10 Å². The van der Waals surface area contributed by atoms with Gasteiger partial charge in [0.15, 0.2) is 5.78 Å². The molecule has 21 heavy (non-hydrogen) atoms. The zero-order chi connectivity index (χ0) is 14.8. The predicted octanol–water partition coefficient (Wildman–Crippen LogP) is 2.88. The molecule has 0 aliphatic carbocycles. The van der Waals surface area contributed by atoms with E-state index in [9.17, 15) is 4.79 Å². The third-order valence-corrected chi connectivity index (χ3v) is 4.45. The van der Waals surface area contributed by atoms with E-state index in [0.717, 1.165) is 55.4 Å². The van der Waals surface area contributed by atoms with E-state index < -0.39 is 0 Å². The van der Waals surface area contributed by atoms with Gasteiger partial charge in [-0.15, -0.1) is 0 Å². The zero-order valence-corrected chi connectivity index (χ0v) is 12.9. The van der Waals surface area contributed by atoms with Crippen LogP contribution in [-0.4, -0.2) is 40.1 Å². The molecule has 0 bridgehead atoms. The predicted molar refractivity (Wildman–Crippen MR) is 84.5 cm³/mol. The standard InChI is InChI=1S/C17H23N3O/c1-3-8-20-9-4-5-14(12-20)17(21)13-6-7-16-15(10-13)11-18-19(16)2/h6-7,10-11,14H,3-5,8-9,12H2,1-2H3. The van der Waals surface area contributed by atoms with E-state index in [1.54, 1.807) is 0 Å². The first-order valence-electron chi connectivity index (χ1n) is 7.87.